The van der Waals surface area contributed by atoms with Gasteiger partial charge in [-0.05, 0) is 40.0 Å². The number of nitrogens with one attached hydrogen (secondary N) is 1. The molecule has 1 aromatic heterocycles. The number of carbonyl (C=O) groups excluding carboxylic acids is 1. The summed E-state index contributed by atoms with van der Waals surface area (Å²) in [6, 6.07) is 9.88. The molecule has 88 valence electrons. The van der Waals surface area contributed by atoms with Gasteiger partial charge in [0.2, 0.25) is 0 Å². The minimum absolute atomic E-state index is 0.0322. The molecule has 17 heavy (non-hydrogen) atoms. The van der Waals surface area contributed by atoms with Gasteiger partial charge in [0.05, 0.1) is 9.35 Å². The number of hydrogen-bond acceptors (Lipinski definition) is 2. The van der Waals surface area contributed by atoms with E-state index in [1.807, 2.05) is 42.6 Å². The maximum Gasteiger partial charge on any atom is 0.252 e. The van der Waals surface area contributed by atoms with Crippen LogP contribution in [0.3, 0.4) is 0 Å². The Kier molecular flexibility index (Phi) is 3.97. The molecule has 1 amide bonds. The summed E-state index contributed by atoms with van der Waals surface area (Å²) in [4.78, 5) is 11.8. The summed E-state index contributed by atoms with van der Waals surface area (Å²) in [5, 5.41) is 4.76. The number of thiophene rings is 1. The van der Waals surface area contributed by atoms with Crippen LogP contribution in [0, 0.1) is 6.92 Å². The van der Waals surface area contributed by atoms with Gasteiger partial charge in [-0.25, -0.2) is 0 Å². The normalized spacial score (nSPS) is 10.2. The maximum absolute atomic E-state index is 11.8. The molecule has 0 radical (unpaired) electrons. The summed E-state index contributed by atoms with van der Waals surface area (Å²) in [5.74, 6) is -0.0322. The molecule has 0 aliphatic heterocycles. The quantitative estimate of drug-likeness (QED) is 0.919. The second-order valence-electron chi connectivity index (χ2n) is 3.75. The van der Waals surface area contributed by atoms with Gasteiger partial charge in [0.1, 0.15) is 0 Å². The van der Waals surface area contributed by atoms with E-state index >= 15 is 0 Å². The molecule has 0 aliphatic rings. The van der Waals surface area contributed by atoms with Gasteiger partial charge in [0.25, 0.3) is 5.91 Å². The van der Waals surface area contributed by atoms with Gasteiger partial charge >= 0.3 is 0 Å². The standard InChI is InChI=1S/C13H12BrNOS/c1-9-4-2-3-5-10(9)7-15-13(16)11-6-12(14)17-8-11/h2-6,8H,7H2,1H3,(H,15,16). The zero-order chi connectivity index (χ0) is 12.3. The highest BCUT2D eigenvalue weighted by Crippen LogP contribution is 2.20. The Morgan fingerprint density at radius 3 is 2.82 bits per heavy atom. The van der Waals surface area contributed by atoms with Gasteiger partial charge in [-0.3, -0.25) is 4.79 Å². The van der Waals surface area contributed by atoms with Crippen LogP contribution >= 0.6 is 27.3 Å². The lowest BCUT2D eigenvalue weighted by atomic mass is 10.1. The molecule has 0 spiro atoms. The topological polar surface area (TPSA) is 29.1 Å². The first-order chi connectivity index (χ1) is 8.16. The minimum atomic E-state index is -0.0322. The highest BCUT2D eigenvalue weighted by atomic mass is 79.9. The van der Waals surface area contributed by atoms with Crippen molar-refractivity contribution in [2.75, 3.05) is 0 Å². The van der Waals surface area contributed by atoms with E-state index in [0.29, 0.717) is 12.1 Å². The number of hydrogen-bond donors (Lipinski definition) is 1. The molecule has 2 rings (SSSR count). The fourth-order valence-electron chi connectivity index (χ4n) is 1.52. The van der Waals surface area contributed by atoms with Crippen molar-refractivity contribution in [3.05, 3.63) is 56.2 Å². The van der Waals surface area contributed by atoms with Crippen LogP contribution in [-0.2, 0) is 6.54 Å². The lowest BCUT2D eigenvalue weighted by molar-refractivity contribution is 0.0951. The molecule has 0 atom stereocenters. The van der Waals surface area contributed by atoms with Gasteiger partial charge in [0.15, 0.2) is 0 Å². The average Bonchev–Trinajstić information content (AvgIpc) is 2.74. The smallest absolute Gasteiger partial charge is 0.252 e. The molecule has 1 heterocycles. The highest BCUT2D eigenvalue weighted by molar-refractivity contribution is 9.11. The molecular formula is C13H12BrNOS. The summed E-state index contributed by atoms with van der Waals surface area (Å²) in [7, 11) is 0. The number of rotatable bonds is 3. The molecule has 0 unspecified atom stereocenters. The molecule has 0 fully saturated rings. The van der Waals surface area contributed by atoms with Crippen LogP contribution in [0.4, 0.5) is 0 Å². The molecule has 0 saturated carbocycles. The largest absolute Gasteiger partial charge is 0.348 e. The van der Waals surface area contributed by atoms with E-state index < -0.39 is 0 Å². The van der Waals surface area contributed by atoms with Crippen molar-refractivity contribution in [1.82, 2.24) is 5.32 Å². The van der Waals surface area contributed by atoms with Crippen molar-refractivity contribution in [1.29, 1.82) is 0 Å². The SMILES string of the molecule is Cc1ccccc1CNC(=O)c1csc(Br)c1. The highest BCUT2D eigenvalue weighted by Gasteiger charge is 2.07. The van der Waals surface area contributed by atoms with Crippen molar-refractivity contribution < 1.29 is 4.79 Å². The van der Waals surface area contributed by atoms with Gasteiger partial charge in [-0.1, -0.05) is 24.3 Å². The molecule has 1 aromatic carbocycles. The first-order valence-electron chi connectivity index (χ1n) is 5.23. The Hall–Kier alpha value is -1.13. The van der Waals surface area contributed by atoms with E-state index in [9.17, 15) is 4.79 Å². The summed E-state index contributed by atoms with van der Waals surface area (Å²) in [6.07, 6.45) is 0. The van der Waals surface area contributed by atoms with E-state index in [1.54, 1.807) is 0 Å². The molecule has 0 aliphatic carbocycles. The number of aryl methyl sites for hydroxylation is 1. The molecule has 1 N–H and O–H groups in total. The first-order valence-corrected chi connectivity index (χ1v) is 6.91. The van der Waals surface area contributed by atoms with Crippen LogP contribution in [0.5, 0.6) is 0 Å². The average molecular weight is 310 g/mol. The fraction of sp³-hybridized carbons (Fsp3) is 0.154. The Morgan fingerprint density at radius 2 is 2.18 bits per heavy atom. The Morgan fingerprint density at radius 1 is 1.41 bits per heavy atom. The predicted octanol–water partition coefficient (Wildman–Crippen LogP) is 3.75. The number of halogens is 1. The second-order valence-corrected chi connectivity index (χ2v) is 6.04. The predicted molar refractivity (Wildman–Crippen MR) is 74.4 cm³/mol. The van der Waals surface area contributed by atoms with Crippen LogP contribution in [-0.4, -0.2) is 5.91 Å². The van der Waals surface area contributed by atoms with Crippen LogP contribution in [0.25, 0.3) is 0 Å². The van der Waals surface area contributed by atoms with Crippen molar-refractivity contribution >= 4 is 33.2 Å². The van der Waals surface area contributed by atoms with Crippen molar-refractivity contribution in [3.63, 3.8) is 0 Å². The van der Waals surface area contributed by atoms with Crippen LogP contribution in [0.2, 0.25) is 0 Å². The van der Waals surface area contributed by atoms with Gasteiger partial charge in [0, 0.05) is 11.9 Å². The molecule has 4 heteroatoms. The molecule has 0 bridgehead atoms. The zero-order valence-corrected chi connectivity index (χ0v) is 11.8. The maximum atomic E-state index is 11.8. The third kappa shape index (κ3) is 3.17. The van der Waals surface area contributed by atoms with Gasteiger partial charge < -0.3 is 5.32 Å². The number of benzene rings is 1. The second kappa shape index (κ2) is 5.47. The summed E-state index contributed by atoms with van der Waals surface area (Å²) in [5.41, 5.74) is 3.05. The molecule has 2 aromatic rings. The molecule has 0 saturated heterocycles. The molecular weight excluding hydrogens is 298 g/mol. The summed E-state index contributed by atoms with van der Waals surface area (Å²) >= 11 is 4.86. The lowest BCUT2D eigenvalue weighted by Crippen LogP contribution is -2.22. The van der Waals surface area contributed by atoms with E-state index in [0.717, 1.165) is 9.35 Å². The van der Waals surface area contributed by atoms with E-state index in [2.05, 4.69) is 21.2 Å². The fourth-order valence-corrected chi connectivity index (χ4v) is 2.65. The van der Waals surface area contributed by atoms with E-state index in [4.69, 9.17) is 0 Å². The zero-order valence-electron chi connectivity index (χ0n) is 9.37. The summed E-state index contributed by atoms with van der Waals surface area (Å²) < 4.78 is 0.971. The van der Waals surface area contributed by atoms with Crippen LogP contribution in [0.15, 0.2) is 39.5 Å². The Balaban J connectivity index is 1.99. The number of carbonyl (C=O) groups is 1. The van der Waals surface area contributed by atoms with Crippen molar-refractivity contribution in [3.8, 4) is 0 Å². The molecule has 2 nitrogen and oxygen atoms in total. The third-order valence-electron chi connectivity index (χ3n) is 2.53. The Labute approximate surface area is 113 Å². The van der Waals surface area contributed by atoms with Crippen LogP contribution < -0.4 is 5.32 Å². The number of amides is 1. The monoisotopic (exact) mass is 309 g/mol. The van der Waals surface area contributed by atoms with E-state index in [1.165, 1.54) is 16.9 Å². The van der Waals surface area contributed by atoms with Crippen molar-refractivity contribution in [2.45, 2.75) is 13.5 Å². The Bertz CT molecular complexity index is 536. The van der Waals surface area contributed by atoms with Crippen LogP contribution in [0.1, 0.15) is 21.5 Å². The third-order valence-corrected chi connectivity index (χ3v) is 4.03. The lowest BCUT2D eigenvalue weighted by Gasteiger charge is -2.06. The van der Waals surface area contributed by atoms with E-state index in [-0.39, 0.29) is 5.91 Å². The first kappa shape index (κ1) is 12.3. The van der Waals surface area contributed by atoms with Gasteiger partial charge in [-0.15, -0.1) is 11.3 Å². The van der Waals surface area contributed by atoms with Gasteiger partial charge in [-0.2, -0.15) is 0 Å². The summed E-state index contributed by atoms with van der Waals surface area (Å²) in [6.45, 7) is 2.61. The minimum Gasteiger partial charge on any atom is -0.348 e. The van der Waals surface area contributed by atoms with Crippen molar-refractivity contribution in [2.24, 2.45) is 0 Å².